The monoisotopic (exact) mass is 405 g/mol. The molecule has 0 atom stereocenters. The molecule has 0 fully saturated rings. The van der Waals surface area contributed by atoms with Gasteiger partial charge in [0.2, 0.25) is 5.13 Å². The van der Waals surface area contributed by atoms with Gasteiger partial charge in [0.1, 0.15) is 0 Å². The number of nitrogens with one attached hydrogen (secondary N) is 1. The summed E-state index contributed by atoms with van der Waals surface area (Å²) in [5.41, 5.74) is 0.429. The Bertz CT molecular complexity index is 771. The van der Waals surface area contributed by atoms with Crippen molar-refractivity contribution in [1.29, 1.82) is 0 Å². The number of rotatable bonds is 3. The molecule has 0 aliphatic rings. The van der Waals surface area contributed by atoms with Crippen molar-refractivity contribution < 1.29 is 8.42 Å². The van der Waals surface area contributed by atoms with Crippen LogP contribution < -0.4 is 4.72 Å². The molecule has 2 aromatic rings. The fourth-order valence-corrected chi connectivity index (χ4v) is 4.18. The highest BCUT2D eigenvalue weighted by atomic mass is 35.6. The third-order valence-electron chi connectivity index (χ3n) is 2.41. The Kier molecular flexibility index (Phi) is 4.92. The first-order valence-electron chi connectivity index (χ1n) is 5.30. The molecule has 0 aliphatic heterocycles. The van der Waals surface area contributed by atoms with E-state index in [4.69, 9.17) is 46.4 Å². The van der Waals surface area contributed by atoms with E-state index in [0.29, 0.717) is 10.6 Å². The SMILES string of the molecule is Cc1c(Cl)cccc1S(=O)(=O)Nc1nc(C(Cl)(Cl)Cl)ns1. The predicted octanol–water partition coefficient (Wildman–Crippen LogP) is 4.13. The maximum Gasteiger partial charge on any atom is 0.264 e. The number of hydrogen-bond acceptors (Lipinski definition) is 5. The molecule has 1 aromatic carbocycles. The highest BCUT2D eigenvalue weighted by molar-refractivity contribution is 7.93. The lowest BCUT2D eigenvalue weighted by atomic mass is 10.2. The van der Waals surface area contributed by atoms with Crippen molar-refractivity contribution >= 4 is 73.1 Å². The number of anilines is 1. The standard InChI is InChI=1S/C10H7Cl4N3O2S2/c1-5-6(11)3-2-4-7(5)21(18,19)17-9-15-8(16-20-9)10(12,13)14/h2-4H,1H3,(H,15,16,17). The summed E-state index contributed by atoms with van der Waals surface area (Å²) in [6.45, 7) is 1.60. The number of benzene rings is 1. The smallest absolute Gasteiger partial charge is 0.253 e. The van der Waals surface area contributed by atoms with Gasteiger partial charge in [-0.15, -0.1) is 0 Å². The molecule has 0 saturated carbocycles. The minimum Gasteiger partial charge on any atom is -0.253 e. The van der Waals surface area contributed by atoms with Crippen molar-refractivity contribution in [2.45, 2.75) is 15.6 Å². The number of halogens is 4. The summed E-state index contributed by atoms with van der Waals surface area (Å²) in [5, 5.41) is 0.341. The Morgan fingerprint density at radius 3 is 2.52 bits per heavy atom. The predicted molar refractivity (Wildman–Crippen MR) is 86.1 cm³/mol. The van der Waals surface area contributed by atoms with Crippen molar-refractivity contribution in [2.75, 3.05) is 4.72 Å². The van der Waals surface area contributed by atoms with Gasteiger partial charge < -0.3 is 0 Å². The number of alkyl halides is 3. The van der Waals surface area contributed by atoms with Gasteiger partial charge in [-0.1, -0.05) is 52.5 Å². The number of nitrogens with zero attached hydrogens (tertiary/aromatic N) is 2. The maximum atomic E-state index is 12.3. The van der Waals surface area contributed by atoms with E-state index < -0.39 is 13.8 Å². The fourth-order valence-electron chi connectivity index (χ4n) is 1.43. The number of aromatic nitrogens is 2. The molecule has 2 rings (SSSR count). The molecular formula is C10H7Cl4N3O2S2. The normalized spacial score (nSPS) is 12.4. The molecule has 0 spiro atoms. The lowest BCUT2D eigenvalue weighted by Gasteiger charge is -2.09. The van der Waals surface area contributed by atoms with Gasteiger partial charge in [0.25, 0.3) is 13.8 Å². The van der Waals surface area contributed by atoms with E-state index >= 15 is 0 Å². The van der Waals surface area contributed by atoms with Crippen LogP contribution in [0, 0.1) is 6.92 Å². The van der Waals surface area contributed by atoms with E-state index in [0.717, 1.165) is 11.5 Å². The van der Waals surface area contributed by atoms with Gasteiger partial charge >= 0.3 is 0 Å². The summed E-state index contributed by atoms with van der Waals surface area (Å²) >= 11 is 23.6. The fraction of sp³-hybridized carbons (Fsp3) is 0.200. The molecule has 21 heavy (non-hydrogen) atoms. The minimum atomic E-state index is -3.85. The zero-order valence-corrected chi connectivity index (χ0v) is 14.9. The lowest BCUT2D eigenvalue weighted by Crippen LogP contribution is -2.14. The average molecular weight is 407 g/mol. The molecule has 5 nitrogen and oxygen atoms in total. The highest BCUT2D eigenvalue weighted by Gasteiger charge is 2.29. The Morgan fingerprint density at radius 2 is 1.95 bits per heavy atom. The molecule has 0 radical (unpaired) electrons. The van der Waals surface area contributed by atoms with Gasteiger partial charge in [-0.2, -0.15) is 9.36 Å². The van der Waals surface area contributed by atoms with E-state index in [9.17, 15) is 8.42 Å². The summed E-state index contributed by atoms with van der Waals surface area (Å²) in [6.07, 6.45) is 0. The van der Waals surface area contributed by atoms with Gasteiger partial charge in [0.05, 0.1) is 4.90 Å². The first-order chi connectivity index (χ1) is 9.61. The Balaban J connectivity index is 2.34. The van der Waals surface area contributed by atoms with Crippen LogP contribution in [0.2, 0.25) is 5.02 Å². The molecule has 0 amide bonds. The van der Waals surface area contributed by atoms with Crippen LogP contribution in [0.15, 0.2) is 23.1 Å². The van der Waals surface area contributed by atoms with E-state index in [1.54, 1.807) is 13.0 Å². The van der Waals surface area contributed by atoms with Gasteiger partial charge in [-0.3, -0.25) is 4.72 Å². The Hall–Kier alpha value is -0.310. The second-order valence-electron chi connectivity index (χ2n) is 3.89. The van der Waals surface area contributed by atoms with Crippen LogP contribution in [0.3, 0.4) is 0 Å². The number of sulfonamides is 1. The Morgan fingerprint density at radius 1 is 1.29 bits per heavy atom. The third-order valence-corrected chi connectivity index (χ3v) is 5.57. The summed E-state index contributed by atoms with van der Waals surface area (Å²) in [7, 11) is -3.85. The van der Waals surface area contributed by atoms with Crippen LogP contribution in [0.5, 0.6) is 0 Å². The highest BCUT2D eigenvalue weighted by Crippen LogP contribution is 2.37. The van der Waals surface area contributed by atoms with Gasteiger partial charge in [0, 0.05) is 16.6 Å². The van der Waals surface area contributed by atoms with Crippen LogP contribution >= 0.6 is 57.9 Å². The molecule has 114 valence electrons. The van der Waals surface area contributed by atoms with Gasteiger partial charge in [-0.25, -0.2) is 8.42 Å². The zero-order valence-electron chi connectivity index (χ0n) is 10.3. The molecule has 0 aliphatic carbocycles. The first kappa shape index (κ1) is 17.1. The average Bonchev–Trinajstić information content (AvgIpc) is 2.80. The molecule has 1 N–H and O–H groups in total. The minimum absolute atomic E-state index is 0.00398. The van der Waals surface area contributed by atoms with Crippen molar-refractivity contribution in [1.82, 2.24) is 9.36 Å². The summed E-state index contributed by atoms with van der Waals surface area (Å²) in [6, 6.07) is 4.57. The van der Waals surface area contributed by atoms with E-state index in [1.165, 1.54) is 12.1 Å². The van der Waals surface area contributed by atoms with E-state index in [1.807, 2.05) is 0 Å². The summed E-state index contributed by atoms with van der Waals surface area (Å²) in [5.74, 6) is -0.0991. The largest absolute Gasteiger partial charge is 0.264 e. The van der Waals surface area contributed by atoms with Crippen molar-refractivity contribution in [2.24, 2.45) is 0 Å². The topological polar surface area (TPSA) is 72.0 Å². The molecule has 0 bridgehead atoms. The molecular weight excluding hydrogens is 400 g/mol. The molecule has 0 unspecified atom stereocenters. The van der Waals surface area contributed by atoms with Gasteiger partial charge in [0.15, 0.2) is 5.82 Å². The van der Waals surface area contributed by atoms with Crippen molar-refractivity contribution in [3.05, 3.63) is 34.6 Å². The molecule has 0 saturated heterocycles. The number of hydrogen-bond donors (Lipinski definition) is 1. The van der Waals surface area contributed by atoms with Crippen LogP contribution in [-0.2, 0) is 13.8 Å². The van der Waals surface area contributed by atoms with Crippen molar-refractivity contribution in [3.63, 3.8) is 0 Å². The second kappa shape index (κ2) is 6.06. The van der Waals surface area contributed by atoms with Crippen LogP contribution in [0.4, 0.5) is 5.13 Å². The molecule has 1 heterocycles. The van der Waals surface area contributed by atoms with Crippen LogP contribution in [0.25, 0.3) is 0 Å². The maximum absolute atomic E-state index is 12.3. The van der Waals surface area contributed by atoms with Gasteiger partial charge in [-0.05, 0) is 24.6 Å². The second-order valence-corrected chi connectivity index (χ2v) is 8.98. The Labute approximate surface area is 145 Å². The third kappa shape index (κ3) is 3.91. The summed E-state index contributed by atoms with van der Waals surface area (Å²) in [4.78, 5) is 3.87. The molecule has 11 heteroatoms. The quantitative estimate of drug-likeness (QED) is 0.777. The van der Waals surface area contributed by atoms with Crippen LogP contribution in [-0.4, -0.2) is 17.8 Å². The van der Waals surface area contributed by atoms with E-state index in [-0.39, 0.29) is 15.9 Å². The van der Waals surface area contributed by atoms with Crippen LogP contribution in [0.1, 0.15) is 11.4 Å². The van der Waals surface area contributed by atoms with E-state index in [2.05, 4.69) is 14.1 Å². The lowest BCUT2D eigenvalue weighted by molar-refractivity contribution is 0.600. The first-order valence-corrected chi connectivity index (χ1v) is 9.07. The summed E-state index contributed by atoms with van der Waals surface area (Å²) < 4.78 is 28.9. The molecule has 1 aromatic heterocycles. The zero-order chi connectivity index (χ0) is 15.8. The van der Waals surface area contributed by atoms with Crippen molar-refractivity contribution in [3.8, 4) is 0 Å².